The van der Waals surface area contributed by atoms with Gasteiger partial charge in [-0.15, -0.1) is 0 Å². The molecule has 0 radical (unpaired) electrons. The first-order valence-electron chi connectivity index (χ1n) is 13.3. The summed E-state index contributed by atoms with van der Waals surface area (Å²) in [6.45, 7) is 12.9. The van der Waals surface area contributed by atoms with Crippen LogP contribution in [0.5, 0.6) is 0 Å². The van der Waals surface area contributed by atoms with Crippen molar-refractivity contribution in [3.63, 3.8) is 0 Å². The van der Waals surface area contributed by atoms with Crippen molar-refractivity contribution >= 4 is 18.1 Å². The zero-order chi connectivity index (χ0) is 27.1. The maximum absolute atomic E-state index is 15.4. The molecule has 1 aliphatic carbocycles. The van der Waals surface area contributed by atoms with Gasteiger partial charge in [0.05, 0.1) is 18.2 Å². The lowest BCUT2D eigenvalue weighted by Crippen LogP contribution is -2.48. The van der Waals surface area contributed by atoms with E-state index in [0.717, 1.165) is 32.1 Å². The number of nitrogens with one attached hydrogen (secondary N) is 1. The van der Waals surface area contributed by atoms with Gasteiger partial charge in [-0.1, -0.05) is 72.9 Å². The molecule has 3 rings (SSSR count). The van der Waals surface area contributed by atoms with Gasteiger partial charge in [0.15, 0.2) is 5.78 Å². The van der Waals surface area contributed by atoms with Gasteiger partial charge in [0.25, 0.3) is 5.91 Å². The van der Waals surface area contributed by atoms with E-state index in [4.69, 9.17) is 0 Å². The van der Waals surface area contributed by atoms with Gasteiger partial charge in [0, 0.05) is 18.0 Å². The standard InChI is InChI=1S/C24H33FN2O4.C5H12/c1-16(2)22(29)21(17-8-4-3-5-9-17)26-23(30)18-10-6-11-19(20(18)25)24(31)12-7-13-27(14-24)15-28;1-5(2,3)4/h6,10-11,15-17,21,31H,3-5,7-9,12-14H2,1-2H3,(H,26,30);1-4H3. The van der Waals surface area contributed by atoms with Gasteiger partial charge in [0.1, 0.15) is 11.4 Å². The number of halogens is 1. The molecular formula is C29H45FN2O4. The van der Waals surface area contributed by atoms with Crippen LogP contribution in [0, 0.1) is 23.1 Å². The molecule has 0 aromatic heterocycles. The number of Topliss-reactive ketones (excluding diaryl/α,β-unsaturated/α-hetero) is 1. The minimum atomic E-state index is -1.55. The van der Waals surface area contributed by atoms with Gasteiger partial charge >= 0.3 is 0 Å². The lowest BCUT2D eigenvalue weighted by molar-refractivity contribution is -0.126. The molecule has 2 N–H and O–H groups in total. The number of hydrogen-bond donors (Lipinski definition) is 2. The van der Waals surface area contributed by atoms with E-state index in [-0.39, 0.29) is 35.3 Å². The molecule has 2 aliphatic rings. The number of aliphatic hydroxyl groups is 1. The Morgan fingerprint density at radius 1 is 1.14 bits per heavy atom. The van der Waals surface area contributed by atoms with E-state index in [1.165, 1.54) is 23.1 Å². The van der Waals surface area contributed by atoms with Crippen LogP contribution in [0.4, 0.5) is 4.39 Å². The van der Waals surface area contributed by atoms with Crippen LogP contribution in [0.3, 0.4) is 0 Å². The maximum atomic E-state index is 15.4. The number of hydrogen-bond acceptors (Lipinski definition) is 4. The number of β-amino-alcohol motifs (C(OH)–C–C–N with tert-alkyl or cyclic N) is 1. The van der Waals surface area contributed by atoms with E-state index in [1.807, 2.05) is 13.8 Å². The number of ketones is 1. The van der Waals surface area contributed by atoms with Crippen molar-refractivity contribution in [3.05, 3.63) is 35.1 Å². The topological polar surface area (TPSA) is 86.7 Å². The molecule has 2 fully saturated rings. The van der Waals surface area contributed by atoms with Crippen molar-refractivity contribution in [1.82, 2.24) is 10.2 Å². The third-order valence-corrected chi connectivity index (χ3v) is 6.68. The molecule has 1 aromatic rings. The van der Waals surface area contributed by atoms with Gasteiger partial charge in [0.2, 0.25) is 6.41 Å². The second-order valence-corrected chi connectivity index (χ2v) is 12.3. The molecule has 7 heteroatoms. The molecule has 1 heterocycles. The average molecular weight is 505 g/mol. The zero-order valence-electron chi connectivity index (χ0n) is 22.9. The van der Waals surface area contributed by atoms with Crippen molar-refractivity contribution in [2.24, 2.45) is 17.3 Å². The van der Waals surface area contributed by atoms with E-state index < -0.39 is 23.4 Å². The Hall–Kier alpha value is -2.28. The quantitative estimate of drug-likeness (QED) is 0.499. The third-order valence-electron chi connectivity index (χ3n) is 6.68. The first-order chi connectivity index (χ1) is 16.8. The Balaban J connectivity index is 0.000000830. The number of amides is 2. The molecule has 1 aliphatic heterocycles. The van der Waals surface area contributed by atoms with E-state index >= 15 is 4.39 Å². The first kappa shape index (κ1) is 29.9. The second kappa shape index (κ2) is 12.8. The second-order valence-electron chi connectivity index (χ2n) is 12.3. The van der Waals surface area contributed by atoms with Crippen LogP contribution in [0.1, 0.15) is 102 Å². The summed E-state index contributed by atoms with van der Waals surface area (Å²) in [7, 11) is 0. The number of carbonyl (C=O) groups is 3. The van der Waals surface area contributed by atoms with Crippen molar-refractivity contribution < 1.29 is 23.9 Å². The predicted octanol–water partition coefficient (Wildman–Crippen LogP) is 5.22. The highest BCUT2D eigenvalue weighted by Gasteiger charge is 2.38. The van der Waals surface area contributed by atoms with E-state index in [2.05, 4.69) is 33.0 Å². The van der Waals surface area contributed by atoms with Crippen LogP contribution in [-0.4, -0.2) is 47.2 Å². The summed E-state index contributed by atoms with van der Waals surface area (Å²) in [6.07, 6.45) is 6.39. The minimum Gasteiger partial charge on any atom is -0.383 e. The number of benzene rings is 1. The number of carbonyl (C=O) groups excluding carboxylic acids is 3. The van der Waals surface area contributed by atoms with E-state index in [0.29, 0.717) is 31.2 Å². The highest BCUT2D eigenvalue weighted by atomic mass is 19.1. The Morgan fingerprint density at radius 2 is 1.75 bits per heavy atom. The summed E-state index contributed by atoms with van der Waals surface area (Å²) in [6, 6.07) is 3.72. The Kier molecular flexibility index (Phi) is 10.6. The summed E-state index contributed by atoms with van der Waals surface area (Å²) in [5.41, 5.74) is -1.22. The first-order valence-corrected chi connectivity index (χ1v) is 13.3. The molecule has 1 saturated heterocycles. The van der Waals surface area contributed by atoms with Gasteiger partial charge in [-0.2, -0.15) is 0 Å². The highest BCUT2D eigenvalue weighted by Crippen LogP contribution is 2.34. The summed E-state index contributed by atoms with van der Waals surface area (Å²) in [5, 5.41) is 13.9. The molecule has 202 valence electrons. The molecule has 2 atom stereocenters. The van der Waals surface area contributed by atoms with Crippen molar-refractivity contribution in [2.75, 3.05) is 13.1 Å². The highest BCUT2D eigenvalue weighted by molar-refractivity contribution is 5.98. The molecule has 0 bridgehead atoms. The molecule has 0 spiro atoms. The smallest absolute Gasteiger partial charge is 0.254 e. The zero-order valence-corrected chi connectivity index (χ0v) is 22.9. The van der Waals surface area contributed by atoms with E-state index in [1.54, 1.807) is 0 Å². The SMILES string of the molecule is CC(C)(C)C.CC(C)C(=O)C(NC(=O)c1cccc(C2(O)CCCN(C=O)C2)c1F)C1CCCCC1. The summed E-state index contributed by atoms with van der Waals surface area (Å²) >= 11 is 0. The number of rotatable bonds is 7. The van der Waals surface area contributed by atoms with Gasteiger partial charge in [-0.3, -0.25) is 14.4 Å². The lowest BCUT2D eigenvalue weighted by atomic mass is 9.80. The third kappa shape index (κ3) is 8.39. The average Bonchev–Trinajstić information content (AvgIpc) is 2.81. The molecular weight excluding hydrogens is 459 g/mol. The number of nitrogens with zero attached hydrogens (tertiary/aromatic N) is 1. The van der Waals surface area contributed by atoms with E-state index in [9.17, 15) is 19.5 Å². The molecule has 1 aromatic carbocycles. The minimum absolute atomic E-state index is 0.0103. The van der Waals surface area contributed by atoms with Crippen molar-refractivity contribution in [3.8, 4) is 0 Å². The fraction of sp³-hybridized carbons (Fsp3) is 0.690. The maximum Gasteiger partial charge on any atom is 0.254 e. The van der Waals surface area contributed by atoms with Crippen LogP contribution in [0.15, 0.2) is 18.2 Å². The molecule has 2 unspecified atom stereocenters. The van der Waals surface area contributed by atoms with Gasteiger partial charge in [-0.05, 0) is 43.1 Å². The predicted molar refractivity (Wildman–Crippen MR) is 140 cm³/mol. The van der Waals surface area contributed by atoms with Gasteiger partial charge < -0.3 is 15.3 Å². The monoisotopic (exact) mass is 504 g/mol. The summed E-state index contributed by atoms with van der Waals surface area (Å²) in [4.78, 5) is 38.5. The van der Waals surface area contributed by atoms with Crippen LogP contribution >= 0.6 is 0 Å². The van der Waals surface area contributed by atoms with Crippen LogP contribution in [0.2, 0.25) is 0 Å². The summed E-state index contributed by atoms with van der Waals surface area (Å²) in [5.74, 6) is -1.65. The largest absolute Gasteiger partial charge is 0.383 e. The van der Waals surface area contributed by atoms with Crippen LogP contribution in [0.25, 0.3) is 0 Å². The Labute approximate surface area is 216 Å². The number of piperidine rings is 1. The fourth-order valence-electron chi connectivity index (χ4n) is 4.91. The summed E-state index contributed by atoms with van der Waals surface area (Å²) < 4.78 is 15.4. The molecule has 1 saturated carbocycles. The van der Waals surface area contributed by atoms with Crippen LogP contribution < -0.4 is 5.32 Å². The molecule has 6 nitrogen and oxygen atoms in total. The van der Waals surface area contributed by atoms with Crippen molar-refractivity contribution in [1.29, 1.82) is 0 Å². The lowest BCUT2D eigenvalue weighted by Gasteiger charge is -2.38. The molecule has 36 heavy (non-hydrogen) atoms. The van der Waals surface area contributed by atoms with Gasteiger partial charge in [-0.25, -0.2) is 4.39 Å². The normalized spacial score (nSPS) is 21.9. The Bertz CT molecular complexity index is 899. The van der Waals surface area contributed by atoms with Crippen molar-refractivity contribution in [2.45, 2.75) is 98.1 Å². The molecule has 2 amide bonds. The number of likely N-dealkylation sites (tertiary alicyclic amines) is 1. The Morgan fingerprint density at radius 3 is 2.31 bits per heavy atom. The fourth-order valence-corrected chi connectivity index (χ4v) is 4.91. The van der Waals surface area contributed by atoms with Crippen LogP contribution in [-0.2, 0) is 15.2 Å².